The molecule has 27 heavy (non-hydrogen) atoms. The van der Waals surface area contributed by atoms with E-state index in [0.717, 1.165) is 64.3 Å². The monoisotopic (exact) mass is 375 g/mol. The summed E-state index contributed by atoms with van der Waals surface area (Å²) in [6.45, 7) is 10.3. The van der Waals surface area contributed by atoms with Crippen LogP contribution in [0.1, 0.15) is 45.1 Å². The number of benzene rings is 1. The van der Waals surface area contributed by atoms with E-state index in [0.29, 0.717) is 18.4 Å². The van der Waals surface area contributed by atoms with Crippen molar-refractivity contribution < 1.29 is 9.53 Å². The summed E-state index contributed by atoms with van der Waals surface area (Å²) in [5.74, 6) is 1.22. The topological polar surface area (TPSA) is 44.8 Å². The normalized spacial score (nSPS) is 16.4. The van der Waals surface area contributed by atoms with Crippen LogP contribution < -0.4 is 10.1 Å². The van der Waals surface area contributed by atoms with E-state index in [4.69, 9.17) is 4.74 Å². The van der Waals surface area contributed by atoms with Gasteiger partial charge in [0.15, 0.2) is 0 Å². The number of methoxy groups -OCH3 is 1. The van der Waals surface area contributed by atoms with Crippen LogP contribution >= 0.6 is 0 Å². The lowest BCUT2D eigenvalue weighted by Crippen LogP contribution is -2.37. The molecule has 152 valence electrons. The van der Waals surface area contributed by atoms with Crippen LogP contribution in [-0.4, -0.2) is 68.1 Å². The van der Waals surface area contributed by atoms with Gasteiger partial charge in [0.05, 0.1) is 7.11 Å². The third-order valence-corrected chi connectivity index (χ3v) is 5.37. The molecule has 1 aromatic carbocycles. The van der Waals surface area contributed by atoms with Crippen molar-refractivity contribution in [3.63, 3.8) is 0 Å². The molecule has 1 atom stereocenters. The zero-order valence-electron chi connectivity index (χ0n) is 17.4. The smallest absolute Gasteiger partial charge is 0.223 e. The van der Waals surface area contributed by atoms with E-state index in [1.807, 2.05) is 17.0 Å². The molecule has 1 aliphatic heterocycles. The lowest BCUT2D eigenvalue weighted by molar-refractivity contribution is -0.130. The minimum atomic E-state index is 0.304. The molecule has 1 fully saturated rings. The average molecular weight is 376 g/mol. The Labute approximate surface area is 165 Å². The summed E-state index contributed by atoms with van der Waals surface area (Å²) >= 11 is 0. The number of nitrogens with zero attached hydrogens (tertiary/aromatic N) is 2. The highest BCUT2D eigenvalue weighted by Crippen LogP contribution is 2.15. The van der Waals surface area contributed by atoms with Crippen LogP contribution in [0.3, 0.4) is 0 Å². The Bertz CT molecular complexity index is 547. The highest BCUT2D eigenvalue weighted by atomic mass is 16.5. The minimum Gasteiger partial charge on any atom is -0.497 e. The van der Waals surface area contributed by atoms with Gasteiger partial charge in [-0.2, -0.15) is 0 Å². The molecule has 5 heteroatoms. The van der Waals surface area contributed by atoms with E-state index >= 15 is 0 Å². The molecule has 1 unspecified atom stereocenters. The van der Waals surface area contributed by atoms with E-state index in [1.165, 1.54) is 12.0 Å². The van der Waals surface area contributed by atoms with Gasteiger partial charge in [-0.05, 0) is 63.4 Å². The number of hydrogen-bond acceptors (Lipinski definition) is 4. The fourth-order valence-corrected chi connectivity index (χ4v) is 3.74. The number of rotatable bonds is 11. The molecule has 2 rings (SSSR count). The van der Waals surface area contributed by atoms with Crippen LogP contribution in [0.2, 0.25) is 0 Å². The second-order valence-corrected chi connectivity index (χ2v) is 7.53. The summed E-state index contributed by atoms with van der Waals surface area (Å²) in [6.07, 6.45) is 5.09. The second-order valence-electron chi connectivity index (χ2n) is 7.53. The lowest BCUT2D eigenvalue weighted by Gasteiger charge is -2.29. The molecule has 1 saturated heterocycles. The maximum atomic E-state index is 12.1. The molecule has 1 amide bonds. The number of nitrogens with one attached hydrogen (secondary N) is 1. The molecular formula is C22H37N3O2. The van der Waals surface area contributed by atoms with E-state index in [2.05, 4.69) is 36.2 Å². The van der Waals surface area contributed by atoms with Gasteiger partial charge in [-0.3, -0.25) is 4.79 Å². The standard InChI is InChI=1S/C22H37N3O2/c1-4-14-24(19(2)18-20-7-9-21(27-3)10-8-20)15-5-6-16-25-17-13-23-12-11-22(25)26/h7-10,19,23H,4-6,11-18H2,1-3H3. The molecule has 1 aliphatic rings. The molecule has 0 aliphatic carbocycles. The summed E-state index contributed by atoms with van der Waals surface area (Å²) in [5.41, 5.74) is 1.35. The van der Waals surface area contributed by atoms with E-state index in [1.54, 1.807) is 7.11 Å². The summed E-state index contributed by atoms with van der Waals surface area (Å²) in [7, 11) is 1.70. The lowest BCUT2D eigenvalue weighted by atomic mass is 10.0. The molecule has 0 spiro atoms. The molecule has 1 N–H and O–H groups in total. The molecule has 0 radical (unpaired) electrons. The predicted octanol–water partition coefficient (Wildman–Crippen LogP) is 2.94. The fraction of sp³-hybridized carbons (Fsp3) is 0.682. The van der Waals surface area contributed by atoms with Gasteiger partial charge in [-0.1, -0.05) is 19.1 Å². The van der Waals surface area contributed by atoms with E-state index in [9.17, 15) is 4.79 Å². The number of amides is 1. The van der Waals surface area contributed by atoms with Crippen molar-refractivity contribution >= 4 is 5.91 Å². The molecule has 1 aromatic rings. The summed E-state index contributed by atoms with van der Waals surface area (Å²) in [5, 5.41) is 3.30. The van der Waals surface area contributed by atoms with Crippen molar-refractivity contribution in [2.24, 2.45) is 0 Å². The average Bonchev–Trinajstić information content (AvgIpc) is 2.89. The van der Waals surface area contributed by atoms with Gasteiger partial charge in [0.1, 0.15) is 5.75 Å². The molecular weight excluding hydrogens is 338 g/mol. The van der Waals surface area contributed by atoms with Crippen molar-refractivity contribution in [2.45, 2.75) is 52.0 Å². The summed E-state index contributed by atoms with van der Waals surface area (Å²) < 4.78 is 5.25. The van der Waals surface area contributed by atoms with Crippen molar-refractivity contribution in [1.29, 1.82) is 0 Å². The molecule has 1 heterocycles. The third kappa shape index (κ3) is 7.51. The largest absolute Gasteiger partial charge is 0.497 e. The van der Waals surface area contributed by atoms with Gasteiger partial charge in [-0.15, -0.1) is 0 Å². The number of unbranched alkanes of at least 4 members (excludes halogenated alkanes) is 1. The Morgan fingerprint density at radius 2 is 1.96 bits per heavy atom. The van der Waals surface area contributed by atoms with Crippen molar-refractivity contribution in [1.82, 2.24) is 15.1 Å². The maximum absolute atomic E-state index is 12.1. The van der Waals surface area contributed by atoms with Crippen LogP contribution in [0.25, 0.3) is 0 Å². The highest BCUT2D eigenvalue weighted by molar-refractivity contribution is 5.76. The van der Waals surface area contributed by atoms with Crippen LogP contribution in [0, 0.1) is 0 Å². The molecule has 0 saturated carbocycles. The number of hydrogen-bond donors (Lipinski definition) is 1. The second kappa shape index (κ2) is 12.0. The molecule has 0 aromatic heterocycles. The van der Waals surface area contributed by atoms with E-state index < -0.39 is 0 Å². The SMILES string of the molecule is CCCN(CCCCN1CCNCCC1=O)C(C)Cc1ccc(OC)cc1. The van der Waals surface area contributed by atoms with E-state index in [-0.39, 0.29) is 0 Å². The van der Waals surface area contributed by atoms with Gasteiger partial charge in [0.2, 0.25) is 5.91 Å². The Morgan fingerprint density at radius 1 is 1.19 bits per heavy atom. The zero-order chi connectivity index (χ0) is 19.5. The first-order valence-corrected chi connectivity index (χ1v) is 10.5. The van der Waals surface area contributed by atoms with Crippen molar-refractivity contribution in [2.75, 3.05) is 46.4 Å². The Morgan fingerprint density at radius 3 is 2.67 bits per heavy atom. The van der Waals surface area contributed by atoms with Gasteiger partial charge in [0.25, 0.3) is 0 Å². The zero-order valence-corrected chi connectivity index (χ0v) is 17.4. The minimum absolute atomic E-state index is 0.304. The summed E-state index contributed by atoms with van der Waals surface area (Å²) in [6, 6.07) is 8.93. The quantitative estimate of drug-likeness (QED) is 0.604. The fourth-order valence-electron chi connectivity index (χ4n) is 3.74. The van der Waals surface area contributed by atoms with Crippen LogP contribution in [0.15, 0.2) is 24.3 Å². The number of ether oxygens (including phenoxy) is 1. The first kappa shape index (κ1) is 21.7. The Kier molecular flexibility index (Phi) is 9.64. The Balaban J connectivity index is 1.76. The van der Waals surface area contributed by atoms with Crippen LogP contribution in [0.5, 0.6) is 5.75 Å². The molecule has 0 bridgehead atoms. The van der Waals surface area contributed by atoms with Crippen molar-refractivity contribution in [3.8, 4) is 5.75 Å². The first-order chi connectivity index (χ1) is 13.1. The number of carbonyl (C=O) groups is 1. The van der Waals surface area contributed by atoms with Gasteiger partial charge in [0, 0.05) is 38.6 Å². The Hall–Kier alpha value is -1.59. The third-order valence-electron chi connectivity index (χ3n) is 5.37. The van der Waals surface area contributed by atoms with Gasteiger partial charge < -0.3 is 19.9 Å². The van der Waals surface area contributed by atoms with Crippen LogP contribution in [0.4, 0.5) is 0 Å². The van der Waals surface area contributed by atoms with Crippen LogP contribution in [-0.2, 0) is 11.2 Å². The summed E-state index contributed by atoms with van der Waals surface area (Å²) in [4.78, 5) is 16.7. The van der Waals surface area contributed by atoms with Gasteiger partial charge >= 0.3 is 0 Å². The molecule has 5 nitrogen and oxygen atoms in total. The first-order valence-electron chi connectivity index (χ1n) is 10.5. The highest BCUT2D eigenvalue weighted by Gasteiger charge is 2.17. The number of carbonyl (C=O) groups excluding carboxylic acids is 1. The predicted molar refractivity (Wildman–Crippen MR) is 111 cm³/mol. The van der Waals surface area contributed by atoms with Gasteiger partial charge in [-0.25, -0.2) is 0 Å². The van der Waals surface area contributed by atoms with Crippen molar-refractivity contribution in [3.05, 3.63) is 29.8 Å². The maximum Gasteiger partial charge on any atom is 0.223 e.